The van der Waals surface area contributed by atoms with Crippen molar-refractivity contribution in [3.05, 3.63) is 34.1 Å². The summed E-state index contributed by atoms with van der Waals surface area (Å²) in [5.41, 5.74) is -0.405. The molecule has 0 bridgehead atoms. The average molecular weight is 318 g/mol. The van der Waals surface area contributed by atoms with Gasteiger partial charge in [-0.25, -0.2) is 4.39 Å². The third-order valence-corrected chi connectivity index (χ3v) is 3.62. The van der Waals surface area contributed by atoms with Crippen molar-refractivity contribution >= 4 is 21.8 Å². The van der Waals surface area contributed by atoms with Crippen LogP contribution in [0.4, 0.5) is 4.39 Å². The Labute approximate surface area is 115 Å². The number of benzene rings is 1. The molecule has 0 unspecified atom stereocenters. The van der Waals surface area contributed by atoms with Gasteiger partial charge in [0.15, 0.2) is 0 Å². The van der Waals surface area contributed by atoms with E-state index in [0.717, 1.165) is 0 Å². The first-order valence-corrected chi connectivity index (χ1v) is 6.65. The lowest BCUT2D eigenvalue weighted by atomic mass is 9.93. The van der Waals surface area contributed by atoms with Crippen LogP contribution in [0.3, 0.4) is 0 Å². The van der Waals surface area contributed by atoms with Crippen LogP contribution in [0.25, 0.3) is 0 Å². The van der Waals surface area contributed by atoms with E-state index in [-0.39, 0.29) is 18.1 Å². The fraction of sp³-hybridized carbons (Fsp3) is 0.462. The van der Waals surface area contributed by atoms with Crippen LogP contribution in [0.5, 0.6) is 0 Å². The van der Waals surface area contributed by atoms with E-state index in [9.17, 15) is 14.3 Å². The maximum atomic E-state index is 13.2. The maximum absolute atomic E-state index is 13.2. The molecule has 0 atom stereocenters. The van der Waals surface area contributed by atoms with Gasteiger partial charge in [0.25, 0.3) is 5.91 Å². The maximum Gasteiger partial charge on any atom is 0.251 e. The van der Waals surface area contributed by atoms with E-state index in [2.05, 4.69) is 21.2 Å². The number of aliphatic hydroxyl groups excluding tert-OH is 1. The van der Waals surface area contributed by atoms with Crippen molar-refractivity contribution in [1.82, 2.24) is 5.32 Å². The zero-order valence-corrected chi connectivity index (χ0v) is 12.1. The molecule has 0 fully saturated rings. The normalized spacial score (nSPS) is 11.4. The quantitative estimate of drug-likeness (QED) is 0.877. The molecule has 2 N–H and O–H groups in total. The van der Waals surface area contributed by atoms with Gasteiger partial charge in [0.2, 0.25) is 0 Å². The van der Waals surface area contributed by atoms with E-state index < -0.39 is 11.4 Å². The van der Waals surface area contributed by atoms with E-state index in [1.165, 1.54) is 12.1 Å². The molecule has 1 amide bonds. The molecule has 0 aliphatic heterocycles. The fourth-order valence-corrected chi connectivity index (χ4v) is 2.15. The minimum absolute atomic E-state index is 0.137. The molecule has 1 aromatic rings. The Bertz CT molecular complexity index is 404. The largest absolute Gasteiger partial charge is 0.394 e. The average Bonchev–Trinajstić information content (AvgIpc) is 2.35. The molecule has 1 aromatic carbocycles. The van der Waals surface area contributed by atoms with Gasteiger partial charge in [0.05, 0.1) is 12.1 Å². The zero-order valence-electron chi connectivity index (χ0n) is 10.5. The number of halogens is 2. The summed E-state index contributed by atoms with van der Waals surface area (Å²) in [5.74, 6) is -0.856. The first-order valence-electron chi connectivity index (χ1n) is 5.86. The Balaban J connectivity index is 2.94. The lowest BCUT2D eigenvalue weighted by Crippen LogP contribution is -2.50. The summed E-state index contributed by atoms with van der Waals surface area (Å²) >= 11 is 3.14. The fourth-order valence-electron chi connectivity index (χ4n) is 1.69. The summed E-state index contributed by atoms with van der Waals surface area (Å²) in [6, 6.07) is 4.01. The number of hydrogen-bond acceptors (Lipinski definition) is 2. The molecule has 0 aliphatic rings. The predicted octanol–water partition coefficient (Wildman–Crippen LogP) is 2.87. The van der Waals surface area contributed by atoms with Crippen LogP contribution in [0.1, 0.15) is 37.0 Å². The van der Waals surface area contributed by atoms with Crippen molar-refractivity contribution in [2.75, 3.05) is 6.61 Å². The molecule has 0 spiro atoms. The summed E-state index contributed by atoms with van der Waals surface area (Å²) in [6.45, 7) is 3.64. The minimum atomic E-state index is -0.643. The molecule has 0 radical (unpaired) electrons. The Morgan fingerprint density at radius 2 is 2.00 bits per heavy atom. The molecule has 0 aliphatic carbocycles. The summed E-state index contributed by atoms with van der Waals surface area (Å²) in [5, 5.41) is 12.2. The molecule has 3 nitrogen and oxygen atoms in total. The highest BCUT2D eigenvalue weighted by Gasteiger charge is 2.27. The van der Waals surface area contributed by atoms with Gasteiger partial charge in [-0.1, -0.05) is 29.8 Å². The van der Waals surface area contributed by atoms with Crippen LogP contribution in [0.15, 0.2) is 22.7 Å². The van der Waals surface area contributed by atoms with Crippen LogP contribution < -0.4 is 5.32 Å². The predicted molar refractivity (Wildman–Crippen MR) is 72.0 cm³/mol. The van der Waals surface area contributed by atoms with E-state index in [4.69, 9.17) is 0 Å². The van der Waals surface area contributed by atoms with E-state index in [1.807, 2.05) is 13.8 Å². The van der Waals surface area contributed by atoms with Crippen molar-refractivity contribution in [1.29, 1.82) is 0 Å². The molecular weight excluding hydrogens is 301 g/mol. The van der Waals surface area contributed by atoms with Crippen LogP contribution in [0.2, 0.25) is 0 Å². The second kappa shape index (κ2) is 6.29. The smallest absolute Gasteiger partial charge is 0.251 e. The number of amides is 1. The third-order valence-electron chi connectivity index (χ3n) is 3.16. The Kier molecular flexibility index (Phi) is 5.28. The van der Waals surface area contributed by atoms with Crippen LogP contribution in [-0.2, 0) is 0 Å². The molecule has 0 saturated carbocycles. The first-order chi connectivity index (χ1) is 8.46. The molecule has 0 heterocycles. The highest BCUT2D eigenvalue weighted by molar-refractivity contribution is 9.10. The van der Waals surface area contributed by atoms with Crippen molar-refractivity contribution in [3.8, 4) is 0 Å². The minimum Gasteiger partial charge on any atom is -0.394 e. The number of nitrogens with one attached hydrogen (secondary N) is 1. The number of carbonyl (C=O) groups excluding carboxylic acids is 1. The Hall–Kier alpha value is -0.940. The van der Waals surface area contributed by atoms with Crippen molar-refractivity contribution in [2.24, 2.45) is 0 Å². The van der Waals surface area contributed by atoms with Gasteiger partial charge in [-0.15, -0.1) is 0 Å². The van der Waals surface area contributed by atoms with Gasteiger partial charge < -0.3 is 10.4 Å². The van der Waals surface area contributed by atoms with Gasteiger partial charge in [0.1, 0.15) is 5.82 Å². The summed E-state index contributed by atoms with van der Waals surface area (Å²) in [4.78, 5) is 12.0. The molecular formula is C13H17BrFNO2. The lowest BCUT2D eigenvalue weighted by Gasteiger charge is -2.30. The Morgan fingerprint density at radius 1 is 1.39 bits per heavy atom. The summed E-state index contributed by atoms with van der Waals surface area (Å²) in [6.07, 6.45) is 1.23. The highest BCUT2D eigenvalue weighted by atomic mass is 79.9. The summed E-state index contributed by atoms with van der Waals surface area (Å²) in [7, 11) is 0. The molecule has 1 rings (SSSR count). The second-order valence-electron chi connectivity index (χ2n) is 4.26. The molecule has 100 valence electrons. The molecule has 0 saturated heterocycles. The van der Waals surface area contributed by atoms with Crippen molar-refractivity contribution in [2.45, 2.75) is 32.2 Å². The van der Waals surface area contributed by atoms with Crippen LogP contribution in [0, 0.1) is 5.82 Å². The van der Waals surface area contributed by atoms with Gasteiger partial charge >= 0.3 is 0 Å². The van der Waals surface area contributed by atoms with Gasteiger partial charge in [-0.2, -0.15) is 0 Å². The number of carbonyl (C=O) groups is 1. The lowest BCUT2D eigenvalue weighted by molar-refractivity contribution is 0.0817. The summed E-state index contributed by atoms with van der Waals surface area (Å²) < 4.78 is 13.7. The first kappa shape index (κ1) is 15.1. The molecule has 0 aromatic heterocycles. The van der Waals surface area contributed by atoms with E-state index in [0.29, 0.717) is 17.3 Å². The van der Waals surface area contributed by atoms with Crippen LogP contribution >= 0.6 is 15.9 Å². The highest BCUT2D eigenvalue weighted by Crippen LogP contribution is 2.18. The topological polar surface area (TPSA) is 49.3 Å². The SMILES string of the molecule is CCC(CC)(CO)NC(=O)c1cc(F)cc(Br)c1. The zero-order chi connectivity index (χ0) is 13.8. The van der Waals surface area contributed by atoms with Gasteiger partial charge in [0, 0.05) is 10.0 Å². The second-order valence-corrected chi connectivity index (χ2v) is 5.17. The number of hydrogen-bond donors (Lipinski definition) is 2. The molecule has 18 heavy (non-hydrogen) atoms. The van der Waals surface area contributed by atoms with Crippen LogP contribution in [-0.4, -0.2) is 23.2 Å². The Morgan fingerprint density at radius 3 is 2.44 bits per heavy atom. The number of rotatable bonds is 5. The van der Waals surface area contributed by atoms with Gasteiger partial charge in [-0.3, -0.25) is 4.79 Å². The molecule has 5 heteroatoms. The number of aliphatic hydroxyl groups is 1. The van der Waals surface area contributed by atoms with E-state index in [1.54, 1.807) is 6.07 Å². The third kappa shape index (κ3) is 3.53. The monoisotopic (exact) mass is 317 g/mol. The van der Waals surface area contributed by atoms with Crippen molar-refractivity contribution in [3.63, 3.8) is 0 Å². The van der Waals surface area contributed by atoms with Gasteiger partial charge in [-0.05, 0) is 31.0 Å². The standard InChI is InChI=1S/C13H17BrFNO2/c1-3-13(4-2,8-17)16-12(18)9-5-10(14)7-11(15)6-9/h5-7,17H,3-4,8H2,1-2H3,(H,16,18). The van der Waals surface area contributed by atoms with Crippen molar-refractivity contribution < 1.29 is 14.3 Å². The van der Waals surface area contributed by atoms with E-state index >= 15 is 0 Å².